The lowest BCUT2D eigenvalue weighted by atomic mass is 9.78. The third kappa shape index (κ3) is 2.87. The first kappa shape index (κ1) is 16.4. The Morgan fingerprint density at radius 3 is 3.00 bits per heavy atom. The predicted molar refractivity (Wildman–Crippen MR) is 91.8 cm³/mol. The third-order valence-electron chi connectivity index (χ3n) is 4.96. The Kier molecular flexibility index (Phi) is 4.13. The van der Waals surface area contributed by atoms with Crippen LogP contribution in [0.3, 0.4) is 0 Å². The largest absolute Gasteiger partial charge is 0.497 e. The molecule has 0 radical (unpaired) electrons. The number of hydrogen-bond donors (Lipinski definition) is 2. The Morgan fingerprint density at radius 2 is 2.24 bits per heavy atom. The molecule has 1 saturated heterocycles. The summed E-state index contributed by atoms with van der Waals surface area (Å²) in [6.07, 6.45) is 7.42. The molecule has 1 aromatic rings. The zero-order valence-electron chi connectivity index (χ0n) is 13.3. The van der Waals surface area contributed by atoms with E-state index < -0.39 is 11.8 Å². The highest BCUT2D eigenvalue weighted by Crippen LogP contribution is 2.44. The van der Waals surface area contributed by atoms with Crippen LogP contribution < -0.4 is 5.32 Å². The molecule has 0 amide bonds. The number of allylic oxidation sites excluding steroid dienone is 2. The normalized spacial score (nSPS) is 27.9. The van der Waals surface area contributed by atoms with Gasteiger partial charge in [-0.05, 0) is 37.1 Å². The first-order valence-corrected chi connectivity index (χ1v) is 8.63. The van der Waals surface area contributed by atoms with Crippen LogP contribution in [0.15, 0.2) is 52.8 Å². The van der Waals surface area contributed by atoms with E-state index in [1.165, 1.54) is 6.07 Å². The smallest absolute Gasteiger partial charge is 0.335 e. The van der Waals surface area contributed by atoms with E-state index in [1.807, 2.05) is 18.2 Å². The van der Waals surface area contributed by atoms with E-state index in [0.29, 0.717) is 17.2 Å². The van der Waals surface area contributed by atoms with Gasteiger partial charge >= 0.3 is 5.97 Å². The fourth-order valence-corrected chi connectivity index (χ4v) is 4.01. The van der Waals surface area contributed by atoms with Crippen LogP contribution in [0.2, 0.25) is 0 Å². The molecule has 0 spiro atoms. The Morgan fingerprint density at radius 1 is 1.40 bits per heavy atom. The van der Waals surface area contributed by atoms with Gasteiger partial charge in [0.1, 0.15) is 11.6 Å². The number of nitrogens with one attached hydrogen (secondary N) is 1. The number of benzene rings is 1. The topological polar surface area (TPSA) is 58.6 Å². The zero-order valence-corrected chi connectivity index (χ0v) is 14.1. The molecule has 130 valence electrons. The third-order valence-corrected chi connectivity index (χ3v) is 5.19. The lowest BCUT2D eigenvalue weighted by molar-refractivity contribution is 0.0696. The summed E-state index contributed by atoms with van der Waals surface area (Å²) >= 11 is 6.13. The number of carbonyl (C=O) groups is 1. The van der Waals surface area contributed by atoms with E-state index in [4.69, 9.17) is 21.4 Å². The van der Waals surface area contributed by atoms with Crippen molar-refractivity contribution in [3.05, 3.63) is 69.7 Å². The van der Waals surface area contributed by atoms with Crippen molar-refractivity contribution in [2.24, 2.45) is 5.92 Å². The summed E-state index contributed by atoms with van der Waals surface area (Å²) in [5.74, 6) is -0.790. The first-order valence-electron chi connectivity index (χ1n) is 8.25. The molecular weight excluding hydrogens is 345 g/mol. The van der Waals surface area contributed by atoms with Gasteiger partial charge < -0.3 is 9.84 Å². The molecule has 6 heteroatoms. The number of carboxylic acid groups (broad SMARTS) is 1. The van der Waals surface area contributed by atoms with Crippen LogP contribution in [0.4, 0.5) is 4.39 Å². The Hall–Kier alpha value is -2.11. The average molecular weight is 362 g/mol. The predicted octanol–water partition coefficient (Wildman–Crippen LogP) is 3.91. The van der Waals surface area contributed by atoms with E-state index in [1.54, 1.807) is 6.07 Å². The van der Waals surface area contributed by atoms with Crippen molar-refractivity contribution < 1.29 is 19.0 Å². The minimum Gasteiger partial charge on any atom is -0.497 e. The van der Waals surface area contributed by atoms with E-state index in [-0.39, 0.29) is 23.6 Å². The first-order chi connectivity index (χ1) is 12.0. The van der Waals surface area contributed by atoms with Crippen LogP contribution in [0.1, 0.15) is 34.8 Å². The van der Waals surface area contributed by atoms with Gasteiger partial charge in [0, 0.05) is 28.1 Å². The van der Waals surface area contributed by atoms with E-state index in [0.717, 1.165) is 30.2 Å². The van der Waals surface area contributed by atoms with Gasteiger partial charge in [0.25, 0.3) is 0 Å². The van der Waals surface area contributed by atoms with Crippen LogP contribution >= 0.6 is 11.6 Å². The number of fused-ring (bicyclic) bond motifs is 2. The Balaban J connectivity index is 1.77. The van der Waals surface area contributed by atoms with Crippen LogP contribution in [-0.2, 0) is 4.74 Å². The highest BCUT2D eigenvalue weighted by atomic mass is 35.5. The zero-order chi connectivity index (χ0) is 17.6. The molecule has 0 saturated carbocycles. The van der Waals surface area contributed by atoms with Gasteiger partial charge in [0.15, 0.2) is 0 Å². The Labute approximate surface area is 149 Å². The standard InChI is InChI=1S/C19H17ClFNO3/c20-11-4-6-16-14(9-11)18-13(2-1-7-25-18)17(22-16)12-5-3-10(19(23)24)8-15(12)21/h3-6,8-9,13,16-17,22H,1-2,7H2,(H,23,24)/t13-,16?,17-/m1/s1. The quantitative estimate of drug-likeness (QED) is 0.838. The van der Waals surface area contributed by atoms with Crippen molar-refractivity contribution in [1.82, 2.24) is 5.32 Å². The minimum atomic E-state index is -1.14. The number of carboxylic acids is 1. The number of halogens is 2. The number of ether oxygens (including phenoxy) is 1. The van der Waals surface area contributed by atoms with Crippen molar-refractivity contribution >= 4 is 17.6 Å². The maximum absolute atomic E-state index is 14.6. The maximum atomic E-state index is 14.6. The van der Waals surface area contributed by atoms with Crippen LogP contribution in [0.5, 0.6) is 0 Å². The molecule has 0 aromatic heterocycles. The van der Waals surface area contributed by atoms with Gasteiger partial charge in [-0.1, -0.05) is 23.7 Å². The lowest BCUT2D eigenvalue weighted by Gasteiger charge is -2.42. The second-order valence-corrected chi connectivity index (χ2v) is 6.91. The second kappa shape index (κ2) is 6.32. The van der Waals surface area contributed by atoms with Crippen molar-refractivity contribution in [1.29, 1.82) is 0 Å². The SMILES string of the molecule is O=C(O)c1ccc([C@H]2NC3C=CC(Cl)=CC3=C3OCCC[C@@H]32)c(F)c1. The molecule has 3 aliphatic rings. The average Bonchev–Trinajstić information content (AvgIpc) is 2.61. The number of hydrogen-bond acceptors (Lipinski definition) is 3. The molecule has 25 heavy (non-hydrogen) atoms. The van der Waals surface area contributed by atoms with Crippen LogP contribution in [-0.4, -0.2) is 23.7 Å². The summed E-state index contributed by atoms with van der Waals surface area (Å²) in [6, 6.07) is 3.70. The lowest BCUT2D eigenvalue weighted by Crippen LogP contribution is -2.45. The van der Waals surface area contributed by atoms with Gasteiger partial charge in [0.05, 0.1) is 18.2 Å². The van der Waals surface area contributed by atoms with Crippen molar-refractivity contribution in [3.8, 4) is 0 Å². The fraction of sp³-hybridized carbons (Fsp3) is 0.316. The highest BCUT2D eigenvalue weighted by molar-refractivity contribution is 6.31. The molecule has 2 heterocycles. The van der Waals surface area contributed by atoms with E-state index in [9.17, 15) is 9.18 Å². The van der Waals surface area contributed by atoms with Gasteiger partial charge in [0.2, 0.25) is 0 Å². The molecule has 0 bridgehead atoms. The van der Waals surface area contributed by atoms with Gasteiger partial charge in [-0.3, -0.25) is 5.32 Å². The summed E-state index contributed by atoms with van der Waals surface area (Å²) in [4.78, 5) is 11.0. The summed E-state index contributed by atoms with van der Waals surface area (Å²) < 4.78 is 20.6. The molecule has 4 nitrogen and oxygen atoms in total. The molecule has 4 rings (SSSR count). The molecule has 1 aliphatic carbocycles. The van der Waals surface area contributed by atoms with Crippen LogP contribution in [0, 0.1) is 11.7 Å². The Bertz CT molecular complexity index is 830. The van der Waals surface area contributed by atoms with Gasteiger partial charge in [-0.2, -0.15) is 0 Å². The van der Waals surface area contributed by atoms with Gasteiger partial charge in [-0.25, -0.2) is 9.18 Å². The second-order valence-electron chi connectivity index (χ2n) is 6.47. The molecule has 2 N–H and O–H groups in total. The summed E-state index contributed by atoms with van der Waals surface area (Å²) in [5, 5.41) is 13.1. The van der Waals surface area contributed by atoms with Crippen molar-refractivity contribution in [2.45, 2.75) is 24.9 Å². The monoisotopic (exact) mass is 361 g/mol. The molecule has 2 aliphatic heterocycles. The summed E-state index contributed by atoms with van der Waals surface area (Å²) in [7, 11) is 0. The van der Waals surface area contributed by atoms with Crippen molar-refractivity contribution in [3.63, 3.8) is 0 Å². The molecular formula is C19H17ClFNO3. The minimum absolute atomic E-state index is 0.00241. The fourth-order valence-electron chi connectivity index (χ4n) is 3.82. The van der Waals surface area contributed by atoms with Crippen LogP contribution in [0.25, 0.3) is 0 Å². The summed E-state index contributed by atoms with van der Waals surface area (Å²) in [5.41, 5.74) is 1.41. The van der Waals surface area contributed by atoms with Crippen molar-refractivity contribution in [2.75, 3.05) is 6.61 Å². The maximum Gasteiger partial charge on any atom is 0.335 e. The molecule has 1 fully saturated rings. The number of rotatable bonds is 2. The summed E-state index contributed by atoms with van der Waals surface area (Å²) in [6.45, 7) is 0.643. The molecule has 3 atom stereocenters. The van der Waals surface area contributed by atoms with Gasteiger partial charge in [-0.15, -0.1) is 0 Å². The number of aromatic carboxylic acids is 1. The van der Waals surface area contributed by atoms with E-state index >= 15 is 0 Å². The highest BCUT2D eigenvalue weighted by Gasteiger charge is 2.40. The van der Waals surface area contributed by atoms with E-state index in [2.05, 4.69) is 5.32 Å². The molecule has 1 unspecified atom stereocenters. The molecule has 1 aromatic carbocycles.